The van der Waals surface area contributed by atoms with Gasteiger partial charge in [0, 0.05) is 12.3 Å². The van der Waals surface area contributed by atoms with E-state index in [0.717, 1.165) is 6.08 Å². The summed E-state index contributed by atoms with van der Waals surface area (Å²) in [7, 11) is -3.98. The number of benzene rings is 1. The topological polar surface area (TPSA) is 195 Å². The zero-order chi connectivity index (χ0) is 40.2. The normalized spacial score (nSPS) is 31.9. The number of carbonyl (C=O) groups is 4. The fourth-order valence-corrected chi connectivity index (χ4v) is 9.14. The van der Waals surface area contributed by atoms with E-state index >= 15 is 8.78 Å². The Bertz CT molecular complexity index is 2080. The minimum atomic E-state index is -3.98. The molecule has 302 valence electrons. The predicted molar refractivity (Wildman–Crippen MR) is 197 cm³/mol. The number of nitrogens with one attached hydrogen (secondary N) is 3. The lowest BCUT2D eigenvalue weighted by Crippen LogP contribution is -2.59. The summed E-state index contributed by atoms with van der Waals surface area (Å²) in [5.74, 6) is -7.84. The molecule has 1 aromatic heterocycles. The molecule has 2 bridgehead atoms. The van der Waals surface area contributed by atoms with E-state index in [1.807, 2.05) is 0 Å². The molecular formula is C38H46F2N6O9S. The van der Waals surface area contributed by atoms with Crippen molar-refractivity contribution in [2.45, 2.75) is 112 Å². The molecule has 2 aliphatic heterocycles. The highest BCUT2D eigenvalue weighted by atomic mass is 32.2. The van der Waals surface area contributed by atoms with E-state index in [2.05, 4.69) is 31.9 Å². The number of sulfonamides is 1. The lowest BCUT2D eigenvalue weighted by molar-refractivity contribution is -0.142. The van der Waals surface area contributed by atoms with Crippen LogP contribution in [0.3, 0.4) is 0 Å². The summed E-state index contributed by atoms with van der Waals surface area (Å²) in [5, 5.41) is 4.66. The summed E-state index contributed by atoms with van der Waals surface area (Å²) < 4.78 is 77.7. The van der Waals surface area contributed by atoms with Gasteiger partial charge in [-0.2, -0.15) is 8.78 Å². The maximum absolute atomic E-state index is 16.1. The largest absolute Gasteiger partial charge is 0.468 e. The summed E-state index contributed by atoms with van der Waals surface area (Å²) in [4.78, 5) is 65.7. The van der Waals surface area contributed by atoms with Crippen molar-refractivity contribution in [2.75, 3.05) is 13.2 Å². The lowest BCUT2D eigenvalue weighted by Gasteiger charge is -2.32. The minimum absolute atomic E-state index is 0.0508. The number of rotatable bonds is 7. The average molecular weight is 801 g/mol. The van der Waals surface area contributed by atoms with Crippen LogP contribution in [0.1, 0.15) is 71.4 Å². The van der Waals surface area contributed by atoms with Gasteiger partial charge in [0.25, 0.3) is 5.91 Å². The van der Waals surface area contributed by atoms with Crippen molar-refractivity contribution < 1.29 is 50.6 Å². The molecule has 0 radical (unpaired) electrons. The number of carbonyl (C=O) groups excluding carboxylic acids is 4. The Morgan fingerprint density at radius 3 is 2.43 bits per heavy atom. The maximum Gasteiger partial charge on any atom is 0.408 e. The van der Waals surface area contributed by atoms with E-state index in [1.165, 1.54) is 24.0 Å². The van der Waals surface area contributed by atoms with Gasteiger partial charge >= 0.3 is 12.0 Å². The molecule has 5 aliphatic rings. The number of nitrogens with zero attached hydrogens (tertiary/aromatic N) is 3. The molecule has 15 nitrogen and oxygen atoms in total. The van der Waals surface area contributed by atoms with Crippen LogP contribution in [0.15, 0.2) is 49.1 Å². The first-order chi connectivity index (χ1) is 26.4. The number of alkyl carbamates (subject to hydrolysis) is 1. The molecule has 1 aromatic carbocycles. The molecule has 4 amide bonds. The molecule has 2 aromatic rings. The Morgan fingerprint density at radius 1 is 1.07 bits per heavy atom. The number of ether oxygens (including phenoxy) is 3. The van der Waals surface area contributed by atoms with E-state index in [1.54, 1.807) is 32.0 Å². The van der Waals surface area contributed by atoms with Crippen LogP contribution in [0.4, 0.5) is 13.6 Å². The zero-order valence-electron chi connectivity index (χ0n) is 31.3. The van der Waals surface area contributed by atoms with Gasteiger partial charge in [-0.05, 0) is 69.6 Å². The molecule has 7 atom stereocenters. The van der Waals surface area contributed by atoms with Crippen LogP contribution in [0.2, 0.25) is 0 Å². The molecule has 7 unspecified atom stereocenters. The molecule has 3 N–H and O–H groups in total. The second-order valence-electron chi connectivity index (χ2n) is 15.9. The first-order valence-corrected chi connectivity index (χ1v) is 20.4. The third-order valence-corrected chi connectivity index (χ3v) is 12.9. The molecule has 7 rings (SSSR count). The average Bonchev–Trinajstić information content (AvgIpc) is 4.04. The monoisotopic (exact) mass is 800 g/mol. The molecule has 3 aliphatic carbocycles. The smallest absolute Gasteiger partial charge is 0.408 e. The highest BCUT2D eigenvalue weighted by molar-refractivity contribution is 7.91. The van der Waals surface area contributed by atoms with Gasteiger partial charge in [-0.1, -0.05) is 38.1 Å². The van der Waals surface area contributed by atoms with Crippen LogP contribution in [0.5, 0.6) is 5.88 Å². The van der Waals surface area contributed by atoms with Gasteiger partial charge in [-0.15, -0.1) is 6.58 Å². The number of para-hydroxylation sites is 2. The van der Waals surface area contributed by atoms with Gasteiger partial charge in [-0.25, -0.2) is 23.2 Å². The van der Waals surface area contributed by atoms with E-state index in [9.17, 15) is 27.6 Å². The first-order valence-electron chi connectivity index (χ1n) is 18.9. The molecule has 1 saturated heterocycles. The Labute approximate surface area is 323 Å². The summed E-state index contributed by atoms with van der Waals surface area (Å²) in [6.45, 7) is 8.11. The Balaban J connectivity index is 1.27. The van der Waals surface area contributed by atoms with Crippen molar-refractivity contribution in [3.63, 3.8) is 0 Å². The third-order valence-electron chi connectivity index (χ3n) is 11.1. The predicted octanol–water partition coefficient (Wildman–Crippen LogP) is 3.39. The van der Waals surface area contributed by atoms with Gasteiger partial charge < -0.3 is 29.7 Å². The summed E-state index contributed by atoms with van der Waals surface area (Å²) >= 11 is 0. The molecule has 56 heavy (non-hydrogen) atoms. The maximum atomic E-state index is 16.1. The highest BCUT2D eigenvalue weighted by Crippen LogP contribution is 2.46. The van der Waals surface area contributed by atoms with E-state index in [0.29, 0.717) is 38.2 Å². The van der Waals surface area contributed by atoms with Crippen molar-refractivity contribution in [1.29, 1.82) is 0 Å². The van der Waals surface area contributed by atoms with Gasteiger partial charge in [-0.3, -0.25) is 19.1 Å². The molecule has 3 saturated carbocycles. The molecular weight excluding hydrogens is 755 g/mol. The van der Waals surface area contributed by atoms with Crippen LogP contribution < -0.4 is 20.1 Å². The second kappa shape index (κ2) is 14.7. The van der Waals surface area contributed by atoms with E-state index in [4.69, 9.17) is 14.2 Å². The highest BCUT2D eigenvalue weighted by Gasteiger charge is 2.62. The Hall–Kier alpha value is -4.71. The molecule has 0 spiro atoms. The summed E-state index contributed by atoms with van der Waals surface area (Å²) in [6.07, 6.45) is 3.27. The van der Waals surface area contributed by atoms with Crippen LogP contribution >= 0.6 is 0 Å². The summed E-state index contributed by atoms with van der Waals surface area (Å²) in [5.41, 5.74) is -3.58. The molecule has 4 fully saturated rings. The number of hydrogen-bond acceptors (Lipinski definition) is 11. The number of amides is 4. The second-order valence-corrected chi connectivity index (χ2v) is 17.9. The number of allylic oxidation sites excluding steroid dienone is 1. The van der Waals surface area contributed by atoms with Crippen molar-refractivity contribution in [1.82, 2.24) is 30.2 Å². The molecule has 18 heteroatoms. The standard InChI is InChI=1S/C38H46F2N6O9S/c1-5-22-18-37(22,34(49)45-56(51,52)23-14-15-23)44-31(47)26-19-36(4)20-46(26)33(48)29(21(2)3)43-35(50)54-28-13-8-12-27(28)53-17-9-16-38(39,40)30-32(55-36)42-25-11-7-6-10-24(25)41-30/h5-7,9-11,16,21-23,26-29H,1,8,12-15,17-20H2,2-4H3,(H,43,50)(H,44,47)(H,45,49). The van der Waals surface area contributed by atoms with Crippen molar-refractivity contribution in [3.8, 4) is 5.88 Å². The van der Waals surface area contributed by atoms with Crippen molar-refractivity contribution in [3.05, 3.63) is 54.8 Å². The number of fused-ring (bicyclic) bond motifs is 5. The Kier molecular flexibility index (Phi) is 10.3. The van der Waals surface area contributed by atoms with Crippen molar-refractivity contribution >= 4 is 44.9 Å². The van der Waals surface area contributed by atoms with Gasteiger partial charge in [0.05, 0.1) is 35.5 Å². The van der Waals surface area contributed by atoms with E-state index in [-0.39, 0.29) is 37.0 Å². The van der Waals surface area contributed by atoms with Crippen LogP contribution in [-0.4, -0.2) is 101 Å². The number of alkyl halides is 2. The fourth-order valence-electron chi connectivity index (χ4n) is 7.78. The fraction of sp³-hybridized carbons (Fsp3) is 0.579. The van der Waals surface area contributed by atoms with Crippen LogP contribution in [-0.2, 0) is 39.8 Å². The minimum Gasteiger partial charge on any atom is -0.468 e. The van der Waals surface area contributed by atoms with Gasteiger partial charge in [0.2, 0.25) is 27.7 Å². The van der Waals surface area contributed by atoms with Crippen LogP contribution in [0, 0.1) is 11.8 Å². The number of aromatic nitrogens is 2. The number of hydrogen-bond donors (Lipinski definition) is 3. The number of halogens is 2. The first kappa shape index (κ1) is 39.5. The van der Waals surface area contributed by atoms with Gasteiger partial charge in [0.1, 0.15) is 29.3 Å². The van der Waals surface area contributed by atoms with Crippen LogP contribution in [0.25, 0.3) is 11.0 Å². The van der Waals surface area contributed by atoms with Crippen molar-refractivity contribution in [2.24, 2.45) is 11.8 Å². The third kappa shape index (κ3) is 7.81. The molecule has 3 heterocycles. The quantitative estimate of drug-likeness (QED) is 0.348. The SMILES string of the molecule is C=CC1CC1(NC(=O)C1CC2(C)CN1C(=O)C(C(C)C)NC(=O)OC1CCCC1OCC=CC(F)(F)c1nc3ccccc3nc1O2)C(=O)NS(=O)(=O)C1CC1. The lowest BCUT2D eigenvalue weighted by atomic mass is 10.0. The Morgan fingerprint density at radius 2 is 1.77 bits per heavy atom. The zero-order valence-corrected chi connectivity index (χ0v) is 32.2. The summed E-state index contributed by atoms with van der Waals surface area (Å²) in [6, 6.07) is 3.81. The van der Waals surface area contributed by atoms with E-state index < -0.39 is 104 Å². The van der Waals surface area contributed by atoms with Gasteiger partial charge in [0.15, 0.2) is 5.69 Å².